The normalized spacial score (nSPS) is 21.9. The highest BCUT2D eigenvalue weighted by Gasteiger charge is 2.23. The van der Waals surface area contributed by atoms with Gasteiger partial charge < -0.3 is 10.1 Å². The predicted molar refractivity (Wildman–Crippen MR) is 90.3 cm³/mol. The molecule has 7 heteroatoms. The van der Waals surface area contributed by atoms with Crippen molar-refractivity contribution in [2.45, 2.75) is 55.6 Å². The lowest BCUT2D eigenvalue weighted by Crippen LogP contribution is -2.33. The van der Waals surface area contributed by atoms with E-state index < -0.39 is 10.0 Å². The van der Waals surface area contributed by atoms with E-state index in [9.17, 15) is 13.2 Å². The molecule has 1 amide bonds. The molecule has 6 nitrogen and oxygen atoms in total. The van der Waals surface area contributed by atoms with Gasteiger partial charge in [-0.1, -0.05) is 12.8 Å². The Kier molecular flexibility index (Phi) is 5.53. The molecule has 2 aliphatic rings. The molecule has 1 saturated carbocycles. The van der Waals surface area contributed by atoms with Crippen LogP contribution >= 0.6 is 0 Å². The predicted octanol–water partition coefficient (Wildman–Crippen LogP) is 1.82. The lowest BCUT2D eigenvalue weighted by Gasteiger charge is -2.13. The van der Waals surface area contributed by atoms with Crippen LogP contribution in [0, 0.1) is 0 Å². The summed E-state index contributed by atoms with van der Waals surface area (Å²) in [4.78, 5) is 12.3. The van der Waals surface area contributed by atoms with Crippen molar-refractivity contribution >= 4 is 15.9 Å². The first-order chi connectivity index (χ1) is 11.5. The van der Waals surface area contributed by atoms with Gasteiger partial charge in [0.1, 0.15) is 0 Å². The van der Waals surface area contributed by atoms with Crippen LogP contribution in [0.3, 0.4) is 0 Å². The Balaban J connectivity index is 1.58. The van der Waals surface area contributed by atoms with E-state index >= 15 is 0 Å². The average molecular weight is 352 g/mol. The summed E-state index contributed by atoms with van der Waals surface area (Å²) in [5.74, 6) is -0.210. The third-order valence-electron chi connectivity index (χ3n) is 4.62. The Morgan fingerprint density at radius 2 is 1.79 bits per heavy atom. The lowest BCUT2D eigenvalue weighted by molar-refractivity contribution is 0.0857. The molecule has 3 rings (SSSR count). The zero-order chi connectivity index (χ0) is 17.0. The molecule has 2 N–H and O–H groups in total. The van der Waals surface area contributed by atoms with Gasteiger partial charge in [-0.2, -0.15) is 0 Å². The number of sulfonamides is 1. The molecule has 0 aromatic heterocycles. The maximum absolute atomic E-state index is 12.3. The highest BCUT2D eigenvalue weighted by Crippen LogP contribution is 2.20. The molecule has 24 heavy (non-hydrogen) atoms. The van der Waals surface area contributed by atoms with Crippen LogP contribution in [0.4, 0.5) is 0 Å². The number of amides is 1. The highest BCUT2D eigenvalue weighted by atomic mass is 32.2. The van der Waals surface area contributed by atoms with Crippen LogP contribution in [-0.2, 0) is 14.8 Å². The first-order valence-corrected chi connectivity index (χ1v) is 10.0. The summed E-state index contributed by atoms with van der Waals surface area (Å²) in [6.45, 7) is 1.24. The molecule has 1 aliphatic heterocycles. The van der Waals surface area contributed by atoms with Gasteiger partial charge in [0.15, 0.2) is 0 Å². The Labute approximate surface area is 143 Å². The van der Waals surface area contributed by atoms with Gasteiger partial charge in [-0.25, -0.2) is 13.1 Å². The van der Waals surface area contributed by atoms with Crippen LogP contribution in [0.2, 0.25) is 0 Å². The van der Waals surface area contributed by atoms with E-state index in [4.69, 9.17) is 4.74 Å². The maximum Gasteiger partial charge on any atom is 0.251 e. The molecular formula is C17H24N2O4S. The summed E-state index contributed by atoms with van der Waals surface area (Å²) in [5, 5.41) is 2.83. The van der Waals surface area contributed by atoms with E-state index in [1.165, 1.54) is 12.1 Å². The zero-order valence-corrected chi connectivity index (χ0v) is 14.5. The third-order valence-corrected chi connectivity index (χ3v) is 6.15. The minimum absolute atomic E-state index is 0.0318. The molecule has 1 aromatic rings. The van der Waals surface area contributed by atoms with Crippen molar-refractivity contribution in [1.29, 1.82) is 0 Å². The number of rotatable bonds is 6. The summed E-state index contributed by atoms with van der Waals surface area (Å²) in [5.41, 5.74) is 0.452. The van der Waals surface area contributed by atoms with Crippen LogP contribution < -0.4 is 10.0 Å². The van der Waals surface area contributed by atoms with Crippen LogP contribution in [0.15, 0.2) is 29.2 Å². The van der Waals surface area contributed by atoms with E-state index in [1.54, 1.807) is 12.1 Å². The summed E-state index contributed by atoms with van der Waals surface area (Å²) >= 11 is 0. The van der Waals surface area contributed by atoms with Gasteiger partial charge in [0.05, 0.1) is 11.0 Å². The van der Waals surface area contributed by atoms with Crippen molar-refractivity contribution in [2.24, 2.45) is 0 Å². The van der Waals surface area contributed by atoms with Crippen LogP contribution in [-0.4, -0.2) is 39.6 Å². The first kappa shape index (κ1) is 17.4. The van der Waals surface area contributed by atoms with Crippen molar-refractivity contribution in [1.82, 2.24) is 10.0 Å². The van der Waals surface area contributed by atoms with Gasteiger partial charge in [-0.3, -0.25) is 4.79 Å². The van der Waals surface area contributed by atoms with E-state index in [2.05, 4.69) is 10.0 Å². The largest absolute Gasteiger partial charge is 0.376 e. The van der Waals surface area contributed by atoms with Crippen molar-refractivity contribution < 1.29 is 17.9 Å². The second kappa shape index (κ2) is 7.63. The average Bonchev–Trinajstić information content (AvgIpc) is 3.26. The van der Waals surface area contributed by atoms with Crippen LogP contribution in [0.1, 0.15) is 48.9 Å². The molecule has 1 aromatic carbocycles. The van der Waals surface area contributed by atoms with Crippen LogP contribution in [0.25, 0.3) is 0 Å². The number of ether oxygens (including phenoxy) is 1. The molecular weight excluding hydrogens is 328 g/mol. The highest BCUT2D eigenvalue weighted by molar-refractivity contribution is 7.89. The van der Waals surface area contributed by atoms with E-state index in [1.807, 2.05) is 0 Å². The Hall–Kier alpha value is -1.44. The SMILES string of the molecule is O=C(NCC1CCCO1)c1ccc(S(=O)(=O)NC2CCCC2)cc1. The maximum atomic E-state index is 12.3. The van der Waals surface area contributed by atoms with Gasteiger partial charge in [-0.05, 0) is 49.9 Å². The Morgan fingerprint density at radius 1 is 1.08 bits per heavy atom. The fourth-order valence-corrected chi connectivity index (χ4v) is 4.54. The minimum atomic E-state index is -3.51. The Morgan fingerprint density at radius 3 is 2.42 bits per heavy atom. The third kappa shape index (κ3) is 4.34. The van der Waals surface area contributed by atoms with Crippen molar-refractivity contribution in [3.05, 3.63) is 29.8 Å². The number of carbonyl (C=O) groups excluding carboxylic acids is 1. The number of benzene rings is 1. The Bertz CT molecular complexity index is 660. The van der Waals surface area contributed by atoms with Crippen LogP contribution in [0.5, 0.6) is 0 Å². The lowest BCUT2D eigenvalue weighted by atomic mass is 10.2. The van der Waals surface area contributed by atoms with Crippen molar-refractivity contribution in [3.63, 3.8) is 0 Å². The number of nitrogens with one attached hydrogen (secondary N) is 2. The smallest absolute Gasteiger partial charge is 0.251 e. The molecule has 0 spiro atoms. The van der Waals surface area contributed by atoms with Gasteiger partial charge in [-0.15, -0.1) is 0 Å². The molecule has 1 atom stereocenters. The second-order valence-electron chi connectivity index (χ2n) is 6.47. The summed E-state index contributed by atoms with van der Waals surface area (Å²) < 4.78 is 32.9. The van der Waals surface area contributed by atoms with Crippen molar-refractivity contribution in [3.8, 4) is 0 Å². The van der Waals surface area contributed by atoms with Gasteiger partial charge >= 0.3 is 0 Å². The standard InChI is InChI=1S/C17H24N2O4S/c20-17(18-12-15-6-3-11-23-15)13-7-9-16(10-8-13)24(21,22)19-14-4-1-2-5-14/h7-10,14-15,19H,1-6,11-12H2,(H,18,20). The molecule has 1 aliphatic carbocycles. The van der Waals surface area contributed by atoms with E-state index in [0.29, 0.717) is 12.1 Å². The zero-order valence-electron chi connectivity index (χ0n) is 13.7. The molecule has 1 saturated heterocycles. The quantitative estimate of drug-likeness (QED) is 0.818. The molecule has 2 fully saturated rings. The van der Waals surface area contributed by atoms with Gasteiger partial charge in [0.2, 0.25) is 10.0 Å². The number of hydrogen-bond acceptors (Lipinski definition) is 4. The summed E-state index contributed by atoms with van der Waals surface area (Å²) in [6.07, 6.45) is 6.00. The second-order valence-corrected chi connectivity index (χ2v) is 8.19. The topological polar surface area (TPSA) is 84.5 Å². The molecule has 132 valence electrons. The van der Waals surface area contributed by atoms with Gasteiger partial charge in [0, 0.05) is 24.8 Å². The monoisotopic (exact) mass is 352 g/mol. The fraction of sp³-hybridized carbons (Fsp3) is 0.588. The number of carbonyl (C=O) groups is 1. The molecule has 1 unspecified atom stereocenters. The first-order valence-electron chi connectivity index (χ1n) is 8.57. The van der Waals surface area contributed by atoms with Crippen molar-refractivity contribution in [2.75, 3.05) is 13.2 Å². The van der Waals surface area contributed by atoms with E-state index in [0.717, 1.165) is 45.1 Å². The molecule has 1 heterocycles. The molecule has 0 bridgehead atoms. The summed E-state index contributed by atoms with van der Waals surface area (Å²) in [7, 11) is -3.51. The summed E-state index contributed by atoms with van der Waals surface area (Å²) in [6, 6.07) is 6.10. The molecule has 0 radical (unpaired) electrons. The number of hydrogen-bond donors (Lipinski definition) is 2. The minimum Gasteiger partial charge on any atom is -0.376 e. The van der Waals surface area contributed by atoms with Gasteiger partial charge in [0.25, 0.3) is 5.91 Å². The fourth-order valence-electron chi connectivity index (χ4n) is 3.23. The van der Waals surface area contributed by atoms with E-state index in [-0.39, 0.29) is 22.9 Å².